The molecule has 2 rings (SSSR count). The number of nitrogens with zero attached hydrogens (tertiary/aromatic N) is 2. The minimum absolute atomic E-state index is 0.0508. The number of ether oxygens (including phenoxy) is 1. The average molecular weight is 270 g/mol. The van der Waals surface area contributed by atoms with Gasteiger partial charge in [0.1, 0.15) is 0 Å². The number of hydrogen-bond donors (Lipinski definition) is 1. The molecular weight excluding hydrogens is 252 g/mol. The zero-order valence-electron chi connectivity index (χ0n) is 10.2. The highest BCUT2D eigenvalue weighted by atomic mass is 32.2. The molecule has 1 aliphatic carbocycles. The van der Waals surface area contributed by atoms with E-state index in [9.17, 15) is 4.79 Å². The lowest BCUT2D eigenvalue weighted by Crippen LogP contribution is -2.06. The van der Waals surface area contributed by atoms with Crippen LogP contribution in [0, 0.1) is 5.92 Å². The summed E-state index contributed by atoms with van der Waals surface area (Å²) in [7, 11) is 0. The first-order chi connectivity index (χ1) is 8.75. The monoisotopic (exact) mass is 270 g/mol. The summed E-state index contributed by atoms with van der Waals surface area (Å²) < 4.78 is 7.54. The van der Waals surface area contributed by atoms with E-state index < -0.39 is 5.97 Å². The fourth-order valence-electron chi connectivity index (χ4n) is 1.60. The summed E-state index contributed by atoms with van der Waals surface area (Å²) in [6.07, 6.45) is 7.15. The van der Waals surface area contributed by atoms with Crippen LogP contribution in [0.3, 0.4) is 0 Å². The fourth-order valence-corrected chi connectivity index (χ4v) is 2.31. The lowest BCUT2D eigenvalue weighted by Gasteiger charge is -2.07. The molecule has 0 amide bonds. The van der Waals surface area contributed by atoms with Crippen LogP contribution in [0.4, 0.5) is 0 Å². The summed E-state index contributed by atoms with van der Waals surface area (Å²) in [5.41, 5.74) is 0. The summed E-state index contributed by atoms with van der Waals surface area (Å²) >= 11 is 1.25. The molecule has 6 heteroatoms. The first kappa shape index (κ1) is 13.4. The van der Waals surface area contributed by atoms with Crippen LogP contribution in [0.15, 0.2) is 17.6 Å². The molecule has 0 unspecified atom stereocenters. The molecule has 0 aliphatic heterocycles. The van der Waals surface area contributed by atoms with Crippen LogP contribution >= 0.6 is 11.8 Å². The molecule has 1 aromatic rings. The molecule has 0 spiro atoms. The van der Waals surface area contributed by atoms with Crippen LogP contribution in [-0.2, 0) is 16.1 Å². The van der Waals surface area contributed by atoms with Crippen LogP contribution in [0.5, 0.6) is 0 Å². The third-order valence-electron chi connectivity index (χ3n) is 2.74. The van der Waals surface area contributed by atoms with Crippen LogP contribution in [0.25, 0.3) is 0 Å². The Morgan fingerprint density at radius 1 is 1.61 bits per heavy atom. The van der Waals surface area contributed by atoms with Crippen molar-refractivity contribution in [1.29, 1.82) is 0 Å². The van der Waals surface area contributed by atoms with E-state index in [4.69, 9.17) is 9.84 Å². The Kier molecular flexibility index (Phi) is 5.07. The second-order valence-corrected chi connectivity index (χ2v) is 5.40. The standard InChI is InChI=1S/C12H18N2O3S/c15-11(16)9-18-12-13-4-6-14(12)5-1-7-17-8-10-2-3-10/h4,6,10H,1-3,5,7-9H2,(H,15,16). The highest BCUT2D eigenvalue weighted by Gasteiger charge is 2.20. The second-order valence-electron chi connectivity index (χ2n) is 4.46. The molecule has 0 bridgehead atoms. The van der Waals surface area contributed by atoms with Crippen molar-refractivity contribution in [2.45, 2.75) is 31.0 Å². The molecule has 5 nitrogen and oxygen atoms in total. The minimum Gasteiger partial charge on any atom is -0.481 e. The summed E-state index contributed by atoms with van der Waals surface area (Å²) in [6, 6.07) is 0. The molecule has 1 N–H and O–H groups in total. The molecular formula is C12H18N2O3S. The maximum absolute atomic E-state index is 10.5. The lowest BCUT2D eigenvalue weighted by atomic mass is 10.4. The SMILES string of the molecule is O=C(O)CSc1nccn1CCCOCC1CC1. The second kappa shape index (κ2) is 6.80. The van der Waals surface area contributed by atoms with Gasteiger partial charge in [-0.3, -0.25) is 4.79 Å². The third kappa shape index (κ3) is 4.70. The van der Waals surface area contributed by atoms with E-state index in [0.717, 1.165) is 37.3 Å². The predicted molar refractivity (Wildman–Crippen MR) is 68.7 cm³/mol. The lowest BCUT2D eigenvalue weighted by molar-refractivity contribution is -0.133. The molecule has 0 radical (unpaired) electrons. The Bertz CT molecular complexity index is 390. The predicted octanol–water partition coefficient (Wildman–Crippen LogP) is 1.88. The van der Waals surface area contributed by atoms with E-state index in [1.165, 1.54) is 24.6 Å². The van der Waals surface area contributed by atoms with E-state index in [0.29, 0.717) is 0 Å². The minimum atomic E-state index is -0.817. The van der Waals surface area contributed by atoms with Crippen molar-refractivity contribution in [2.75, 3.05) is 19.0 Å². The summed E-state index contributed by atoms with van der Waals surface area (Å²) in [6.45, 7) is 2.48. The van der Waals surface area contributed by atoms with Crippen LogP contribution in [0.1, 0.15) is 19.3 Å². The van der Waals surface area contributed by atoms with Gasteiger partial charge in [-0.1, -0.05) is 11.8 Å². The summed E-state index contributed by atoms with van der Waals surface area (Å²) in [4.78, 5) is 14.6. The molecule has 0 saturated heterocycles. The van der Waals surface area contributed by atoms with Gasteiger partial charge < -0.3 is 14.4 Å². The number of rotatable bonds is 9. The van der Waals surface area contributed by atoms with E-state index in [-0.39, 0.29) is 5.75 Å². The van der Waals surface area contributed by atoms with Crippen molar-refractivity contribution in [2.24, 2.45) is 5.92 Å². The van der Waals surface area contributed by atoms with Gasteiger partial charge in [-0.15, -0.1) is 0 Å². The van der Waals surface area contributed by atoms with Gasteiger partial charge in [0, 0.05) is 32.2 Å². The number of carboxylic acid groups (broad SMARTS) is 1. The molecule has 100 valence electrons. The average Bonchev–Trinajstić information content (AvgIpc) is 3.05. The number of carboxylic acids is 1. The third-order valence-corrected chi connectivity index (χ3v) is 3.73. The topological polar surface area (TPSA) is 64.3 Å². The van der Waals surface area contributed by atoms with Crippen molar-refractivity contribution in [3.05, 3.63) is 12.4 Å². The normalized spacial score (nSPS) is 14.9. The molecule has 1 fully saturated rings. The van der Waals surface area contributed by atoms with Gasteiger partial charge in [0.25, 0.3) is 0 Å². The Labute approximate surface area is 111 Å². The van der Waals surface area contributed by atoms with E-state index in [1.54, 1.807) is 6.20 Å². The molecule has 0 aromatic carbocycles. The molecule has 1 aliphatic rings. The zero-order valence-corrected chi connectivity index (χ0v) is 11.1. The highest BCUT2D eigenvalue weighted by Crippen LogP contribution is 2.28. The Morgan fingerprint density at radius 3 is 3.17 bits per heavy atom. The molecule has 1 aromatic heterocycles. The van der Waals surface area contributed by atoms with Gasteiger partial charge in [0.05, 0.1) is 5.75 Å². The zero-order chi connectivity index (χ0) is 12.8. The summed E-state index contributed by atoms with van der Waals surface area (Å²) in [5.74, 6) is 0.0390. The van der Waals surface area contributed by atoms with Crippen LogP contribution in [0.2, 0.25) is 0 Å². The van der Waals surface area contributed by atoms with E-state index >= 15 is 0 Å². The van der Waals surface area contributed by atoms with E-state index in [1.807, 2.05) is 10.8 Å². The maximum Gasteiger partial charge on any atom is 0.313 e. The summed E-state index contributed by atoms with van der Waals surface area (Å²) in [5, 5.41) is 9.39. The number of hydrogen-bond acceptors (Lipinski definition) is 4. The Morgan fingerprint density at radius 2 is 2.44 bits per heavy atom. The van der Waals surface area contributed by atoms with Gasteiger partial charge in [-0.2, -0.15) is 0 Å². The largest absolute Gasteiger partial charge is 0.481 e. The van der Waals surface area contributed by atoms with Crippen molar-refractivity contribution in [3.8, 4) is 0 Å². The number of thioether (sulfide) groups is 1. The first-order valence-corrected chi connectivity index (χ1v) is 7.17. The quantitative estimate of drug-likeness (QED) is 0.548. The number of aliphatic carboxylic acids is 1. The maximum atomic E-state index is 10.5. The number of aromatic nitrogens is 2. The number of aryl methyl sites for hydroxylation is 1. The van der Waals surface area contributed by atoms with Gasteiger partial charge in [-0.25, -0.2) is 4.98 Å². The van der Waals surface area contributed by atoms with Crippen molar-refractivity contribution >= 4 is 17.7 Å². The first-order valence-electron chi connectivity index (χ1n) is 6.19. The molecule has 18 heavy (non-hydrogen) atoms. The van der Waals surface area contributed by atoms with Crippen LogP contribution in [-0.4, -0.2) is 39.6 Å². The fraction of sp³-hybridized carbons (Fsp3) is 0.667. The van der Waals surface area contributed by atoms with Gasteiger partial charge in [-0.05, 0) is 25.2 Å². The Balaban J connectivity index is 1.64. The van der Waals surface area contributed by atoms with Crippen molar-refractivity contribution in [3.63, 3.8) is 0 Å². The Hall–Kier alpha value is -1.01. The smallest absolute Gasteiger partial charge is 0.313 e. The van der Waals surface area contributed by atoms with Crippen LogP contribution < -0.4 is 0 Å². The van der Waals surface area contributed by atoms with Crippen molar-refractivity contribution < 1.29 is 14.6 Å². The van der Waals surface area contributed by atoms with Gasteiger partial charge >= 0.3 is 5.97 Å². The van der Waals surface area contributed by atoms with Crippen molar-refractivity contribution in [1.82, 2.24) is 9.55 Å². The highest BCUT2D eigenvalue weighted by molar-refractivity contribution is 7.99. The molecule has 1 heterocycles. The van der Waals surface area contributed by atoms with Gasteiger partial charge in [0.2, 0.25) is 0 Å². The number of imidazole rings is 1. The van der Waals surface area contributed by atoms with E-state index in [2.05, 4.69) is 4.98 Å². The molecule has 1 saturated carbocycles. The molecule has 0 atom stereocenters. The van der Waals surface area contributed by atoms with Gasteiger partial charge in [0.15, 0.2) is 5.16 Å². The number of carbonyl (C=O) groups is 1.